The summed E-state index contributed by atoms with van der Waals surface area (Å²) in [7, 11) is 1.90. The van der Waals surface area contributed by atoms with Gasteiger partial charge < -0.3 is 0 Å². The molecule has 4 rings (SSSR count). The summed E-state index contributed by atoms with van der Waals surface area (Å²) in [6.45, 7) is 3.94. The van der Waals surface area contributed by atoms with Crippen LogP contribution in [0, 0.1) is 19.7 Å². The minimum Gasteiger partial charge on any atom is -0.272 e. The summed E-state index contributed by atoms with van der Waals surface area (Å²) in [6, 6.07) is 4.83. The first-order valence-electron chi connectivity index (χ1n) is 7.14. The normalized spacial score (nSPS) is 11.5. The maximum absolute atomic E-state index is 14.3. The van der Waals surface area contributed by atoms with E-state index in [4.69, 9.17) is 0 Å². The van der Waals surface area contributed by atoms with E-state index in [0.29, 0.717) is 20.8 Å². The molecule has 0 bridgehead atoms. The Morgan fingerprint density at radius 3 is 2.62 bits per heavy atom. The summed E-state index contributed by atoms with van der Waals surface area (Å²) >= 11 is 4.67. The molecule has 9 heteroatoms. The minimum absolute atomic E-state index is 0.363. The smallest absolute Gasteiger partial charge is 0.235 e. The number of rotatable bonds is 2. The van der Waals surface area contributed by atoms with Crippen LogP contribution in [-0.4, -0.2) is 29.6 Å². The van der Waals surface area contributed by atoms with Crippen molar-refractivity contribution in [3.05, 3.63) is 39.9 Å². The lowest BCUT2D eigenvalue weighted by Gasteiger charge is -2.00. The molecule has 1 aromatic carbocycles. The second kappa shape index (κ2) is 5.45. The maximum atomic E-state index is 14.3. The molecule has 6 nitrogen and oxygen atoms in total. The molecular weight excluding hydrogens is 395 g/mol. The Labute approximate surface area is 149 Å². The molecule has 3 heterocycles. The zero-order chi connectivity index (χ0) is 17.0. The average molecular weight is 407 g/mol. The van der Waals surface area contributed by atoms with Gasteiger partial charge in [0.2, 0.25) is 4.96 Å². The van der Waals surface area contributed by atoms with Crippen LogP contribution < -0.4 is 0 Å². The fourth-order valence-electron chi connectivity index (χ4n) is 2.64. The summed E-state index contributed by atoms with van der Waals surface area (Å²) in [5.41, 5.74) is 3.27. The molecule has 0 spiro atoms. The van der Waals surface area contributed by atoms with E-state index in [9.17, 15) is 4.39 Å². The Hall–Kier alpha value is -2.13. The zero-order valence-electron chi connectivity index (χ0n) is 13.1. The molecule has 0 aliphatic carbocycles. The SMILES string of the molecule is Cc1nn(C)c(C)c1-c1nn2c(-c3ccc(Br)cc3F)nnc2s1. The van der Waals surface area contributed by atoms with Gasteiger partial charge in [0.05, 0.1) is 16.8 Å². The standard InChI is InChI=1S/C15H12BrFN6S/c1-7-12(8(2)22(3)20-7)14-21-23-13(18-19-15(23)24-14)10-5-4-9(16)6-11(10)17/h4-6H,1-3H3. The lowest BCUT2D eigenvalue weighted by atomic mass is 10.2. The topological polar surface area (TPSA) is 60.9 Å². The molecule has 0 aliphatic heterocycles. The molecular formula is C15H12BrFN6S. The van der Waals surface area contributed by atoms with Crippen molar-refractivity contribution in [1.29, 1.82) is 0 Å². The molecule has 0 saturated carbocycles. The van der Waals surface area contributed by atoms with Crippen LogP contribution in [0.15, 0.2) is 22.7 Å². The Kier molecular flexibility index (Phi) is 3.50. The van der Waals surface area contributed by atoms with Crippen LogP contribution >= 0.6 is 27.3 Å². The van der Waals surface area contributed by atoms with Crippen LogP contribution in [0.5, 0.6) is 0 Å². The van der Waals surface area contributed by atoms with Crippen molar-refractivity contribution in [2.75, 3.05) is 0 Å². The molecule has 0 aliphatic rings. The summed E-state index contributed by atoms with van der Waals surface area (Å²) in [4.78, 5) is 0.616. The largest absolute Gasteiger partial charge is 0.272 e. The Morgan fingerprint density at radius 1 is 1.17 bits per heavy atom. The molecule has 0 radical (unpaired) electrons. The van der Waals surface area contributed by atoms with Crippen LogP contribution in [-0.2, 0) is 7.05 Å². The number of fused-ring (bicyclic) bond motifs is 1. The summed E-state index contributed by atoms with van der Waals surface area (Å²) in [5.74, 6) is 0.0126. The molecule has 24 heavy (non-hydrogen) atoms. The number of hydrogen-bond acceptors (Lipinski definition) is 5. The molecule has 0 atom stereocenters. The lowest BCUT2D eigenvalue weighted by molar-refractivity contribution is 0.628. The third-order valence-electron chi connectivity index (χ3n) is 3.89. The van der Waals surface area contributed by atoms with E-state index in [1.807, 2.05) is 25.6 Å². The van der Waals surface area contributed by atoms with Crippen LogP contribution in [0.4, 0.5) is 4.39 Å². The molecule has 0 fully saturated rings. The first-order valence-corrected chi connectivity index (χ1v) is 8.75. The first kappa shape index (κ1) is 15.4. The van der Waals surface area contributed by atoms with Gasteiger partial charge in [-0.1, -0.05) is 27.3 Å². The predicted molar refractivity (Wildman–Crippen MR) is 93.4 cm³/mol. The van der Waals surface area contributed by atoms with E-state index in [1.165, 1.54) is 17.4 Å². The quantitative estimate of drug-likeness (QED) is 0.508. The number of benzene rings is 1. The van der Waals surface area contributed by atoms with Crippen LogP contribution in [0.25, 0.3) is 26.9 Å². The average Bonchev–Trinajstić information content (AvgIpc) is 3.14. The fraction of sp³-hybridized carbons (Fsp3) is 0.200. The maximum Gasteiger partial charge on any atom is 0.235 e. The van der Waals surface area contributed by atoms with E-state index in [2.05, 4.69) is 36.3 Å². The second-order valence-corrected chi connectivity index (χ2v) is 7.29. The van der Waals surface area contributed by atoms with Crippen molar-refractivity contribution in [3.8, 4) is 22.0 Å². The molecule has 4 aromatic rings. The summed E-state index contributed by atoms with van der Waals surface area (Å²) in [5, 5.41) is 18.0. The van der Waals surface area contributed by atoms with Gasteiger partial charge in [-0.05, 0) is 32.0 Å². The van der Waals surface area contributed by atoms with Crippen LogP contribution in [0.2, 0.25) is 0 Å². The highest BCUT2D eigenvalue weighted by Crippen LogP contribution is 2.32. The van der Waals surface area contributed by atoms with E-state index in [0.717, 1.165) is 22.0 Å². The van der Waals surface area contributed by atoms with Gasteiger partial charge in [-0.2, -0.15) is 14.7 Å². The van der Waals surface area contributed by atoms with Crippen molar-refractivity contribution in [3.63, 3.8) is 0 Å². The highest BCUT2D eigenvalue weighted by molar-refractivity contribution is 9.10. The van der Waals surface area contributed by atoms with Gasteiger partial charge in [-0.3, -0.25) is 4.68 Å². The van der Waals surface area contributed by atoms with Gasteiger partial charge in [0.15, 0.2) is 10.8 Å². The Morgan fingerprint density at radius 2 is 1.96 bits per heavy atom. The number of nitrogens with zero attached hydrogens (tertiary/aromatic N) is 6. The third-order valence-corrected chi connectivity index (χ3v) is 5.30. The van der Waals surface area contributed by atoms with Crippen molar-refractivity contribution >= 4 is 32.2 Å². The zero-order valence-corrected chi connectivity index (χ0v) is 15.5. The number of halogens is 2. The third kappa shape index (κ3) is 2.27. The lowest BCUT2D eigenvalue weighted by Crippen LogP contribution is -1.95. The van der Waals surface area contributed by atoms with Gasteiger partial charge in [-0.15, -0.1) is 10.2 Å². The van der Waals surface area contributed by atoms with Gasteiger partial charge >= 0.3 is 0 Å². The first-order chi connectivity index (χ1) is 11.5. The fourth-order valence-corrected chi connectivity index (χ4v) is 3.96. The molecule has 0 unspecified atom stereocenters. The monoisotopic (exact) mass is 406 g/mol. The van der Waals surface area contributed by atoms with E-state index < -0.39 is 0 Å². The number of aryl methyl sites for hydroxylation is 2. The van der Waals surface area contributed by atoms with Crippen molar-refractivity contribution in [2.24, 2.45) is 7.05 Å². The predicted octanol–water partition coefficient (Wildman–Crippen LogP) is 3.77. The highest BCUT2D eigenvalue weighted by atomic mass is 79.9. The highest BCUT2D eigenvalue weighted by Gasteiger charge is 2.20. The van der Waals surface area contributed by atoms with Crippen molar-refractivity contribution < 1.29 is 4.39 Å². The Balaban J connectivity index is 1.90. The van der Waals surface area contributed by atoms with Crippen LogP contribution in [0.3, 0.4) is 0 Å². The van der Waals surface area contributed by atoms with Gasteiger partial charge in [0, 0.05) is 17.2 Å². The molecule has 0 amide bonds. The van der Waals surface area contributed by atoms with Gasteiger partial charge in [-0.25, -0.2) is 4.39 Å². The van der Waals surface area contributed by atoms with E-state index in [-0.39, 0.29) is 5.82 Å². The summed E-state index contributed by atoms with van der Waals surface area (Å²) < 4.78 is 18.3. The molecule has 0 N–H and O–H groups in total. The number of hydrogen-bond donors (Lipinski definition) is 0. The summed E-state index contributed by atoms with van der Waals surface area (Å²) in [6.07, 6.45) is 0. The minimum atomic E-state index is -0.373. The van der Waals surface area contributed by atoms with E-state index >= 15 is 0 Å². The second-order valence-electron chi connectivity index (χ2n) is 5.42. The van der Waals surface area contributed by atoms with Gasteiger partial charge in [0.25, 0.3) is 0 Å². The van der Waals surface area contributed by atoms with Crippen molar-refractivity contribution in [1.82, 2.24) is 29.6 Å². The van der Waals surface area contributed by atoms with Crippen molar-refractivity contribution in [2.45, 2.75) is 13.8 Å². The molecule has 3 aromatic heterocycles. The molecule has 0 saturated heterocycles. The van der Waals surface area contributed by atoms with E-state index in [1.54, 1.807) is 16.6 Å². The molecule has 122 valence electrons. The number of aromatic nitrogens is 6. The van der Waals surface area contributed by atoms with Crippen LogP contribution in [0.1, 0.15) is 11.4 Å². The Bertz CT molecular complexity index is 1080. The van der Waals surface area contributed by atoms with Gasteiger partial charge in [0.1, 0.15) is 5.82 Å².